The average Bonchev–Trinajstić information content (AvgIpc) is 2.99. The molecule has 0 radical (unpaired) electrons. The number of rotatable bonds is 4. The predicted octanol–water partition coefficient (Wildman–Crippen LogP) is 1.23. The van der Waals surface area contributed by atoms with Crippen LogP contribution in [0.15, 0.2) is 36.4 Å². The van der Waals surface area contributed by atoms with Gasteiger partial charge in [-0.2, -0.15) is 0 Å². The molecule has 3 rings (SSSR count). The molecule has 0 fully saturated rings. The van der Waals surface area contributed by atoms with E-state index >= 15 is 0 Å². The Morgan fingerprint density at radius 3 is 2.23 bits per heavy atom. The number of fused-ring (bicyclic) bond motifs is 3. The molecule has 1 aliphatic rings. The van der Waals surface area contributed by atoms with Gasteiger partial charge in [0, 0.05) is 12.1 Å². The summed E-state index contributed by atoms with van der Waals surface area (Å²) in [6, 6.07) is 7.75. The van der Waals surface area contributed by atoms with Crippen molar-refractivity contribution in [2.45, 2.75) is 58.3 Å². The monoisotopic (exact) mass is 613 g/mol. The van der Waals surface area contributed by atoms with E-state index in [-0.39, 0.29) is 30.7 Å². The predicted molar refractivity (Wildman–Crippen MR) is 163 cm³/mol. The van der Waals surface area contributed by atoms with E-state index in [0.29, 0.717) is 54.3 Å². The Labute approximate surface area is 257 Å². The van der Waals surface area contributed by atoms with Gasteiger partial charge in [-0.1, -0.05) is 19.9 Å². The van der Waals surface area contributed by atoms with Crippen molar-refractivity contribution in [2.24, 2.45) is 5.92 Å². The largest absolute Gasteiger partial charge is 0.496 e. The first kappa shape index (κ1) is 34.1. The van der Waals surface area contributed by atoms with Gasteiger partial charge in [0.25, 0.3) is 5.91 Å². The SMILES string of the molecule is COc1ccc2cc1Oc1cccc(OC)c1CNC(=O)[C@@H](C(C)C)NC(=O)[C@H]([C@@H](C)O)NC(=O)CNCCCCNC2=O. The molecule has 0 aliphatic carbocycles. The molecule has 2 aromatic rings. The Hall–Kier alpha value is -4.36. The van der Waals surface area contributed by atoms with Crippen LogP contribution in [-0.4, -0.2) is 80.8 Å². The molecular formula is C31H43N5O8. The maximum Gasteiger partial charge on any atom is 0.251 e. The molecule has 0 saturated carbocycles. The molecule has 0 spiro atoms. The van der Waals surface area contributed by atoms with Crippen LogP contribution in [0.1, 0.15) is 49.5 Å². The average molecular weight is 614 g/mol. The van der Waals surface area contributed by atoms with Gasteiger partial charge in [0.1, 0.15) is 23.6 Å². The minimum absolute atomic E-state index is 0.0258. The van der Waals surface area contributed by atoms with Crippen LogP contribution in [0.5, 0.6) is 23.0 Å². The standard InChI is InChI=1S/C31H43N5O8/c1-18(2)27-30(40)34-16-21-22(42-4)9-8-10-23(21)44-25-15-20(11-12-24(25)43-5)29(39)33-14-7-6-13-32-17-26(38)35-28(19(3)37)31(41)36-27/h8-12,15,18-19,27-28,32,37H,6-7,13-14,16-17H2,1-5H3,(H,33,39)(H,34,40)(H,35,38)(H,36,41)/t19-,27-,28+/m1/s1. The zero-order valence-corrected chi connectivity index (χ0v) is 25.8. The van der Waals surface area contributed by atoms with Crippen molar-refractivity contribution in [3.05, 3.63) is 47.5 Å². The third-order valence-corrected chi connectivity index (χ3v) is 7.07. The van der Waals surface area contributed by atoms with Crippen LogP contribution in [0.3, 0.4) is 0 Å². The topological polar surface area (TPSA) is 176 Å². The smallest absolute Gasteiger partial charge is 0.251 e. The van der Waals surface area contributed by atoms with E-state index in [2.05, 4.69) is 26.6 Å². The zero-order chi connectivity index (χ0) is 32.2. The van der Waals surface area contributed by atoms with Gasteiger partial charge in [0.15, 0.2) is 11.5 Å². The van der Waals surface area contributed by atoms with Crippen molar-refractivity contribution in [3.8, 4) is 23.0 Å². The summed E-state index contributed by atoms with van der Waals surface area (Å²) in [5, 5.41) is 24.2. The van der Waals surface area contributed by atoms with Crippen molar-refractivity contribution in [2.75, 3.05) is 33.9 Å². The van der Waals surface area contributed by atoms with E-state index in [1.807, 2.05) is 0 Å². The van der Waals surface area contributed by atoms with Crippen LogP contribution in [-0.2, 0) is 20.9 Å². The number of nitrogens with one attached hydrogen (secondary N) is 5. The Morgan fingerprint density at radius 2 is 1.55 bits per heavy atom. The highest BCUT2D eigenvalue weighted by molar-refractivity contribution is 5.95. The normalized spacial score (nSPS) is 20.2. The third-order valence-electron chi connectivity index (χ3n) is 7.07. The van der Waals surface area contributed by atoms with Gasteiger partial charge in [-0.05, 0) is 62.6 Å². The number of benzene rings is 2. The van der Waals surface area contributed by atoms with Gasteiger partial charge >= 0.3 is 0 Å². The number of aliphatic hydroxyl groups is 1. The summed E-state index contributed by atoms with van der Waals surface area (Å²) in [5.41, 5.74) is 0.879. The highest BCUT2D eigenvalue weighted by Gasteiger charge is 2.31. The molecular weight excluding hydrogens is 570 g/mol. The first-order valence-corrected chi connectivity index (χ1v) is 14.6. The molecule has 13 nitrogen and oxygen atoms in total. The van der Waals surface area contributed by atoms with Gasteiger partial charge in [-0.25, -0.2) is 0 Å². The van der Waals surface area contributed by atoms with E-state index in [9.17, 15) is 24.3 Å². The second-order valence-corrected chi connectivity index (χ2v) is 10.8. The summed E-state index contributed by atoms with van der Waals surface area (Å²) in [6.07, 6.45) is 0.119. The lowest BCUT2D eigenvalue weighted by molar-refractivity contribution is -0.134. The fourth-order valence-corrected chi connectivity index (χ4v) is 4.60. The molecule has 2 bridgehead atoms. The van der Waals surface area contributed by atoms with Crippen LogP contribution >= 0.6 is 0 Å². The van der Waals surface area contributed by atoms with E-state index in [0.717, 1.165) is 0 Å². The minimum atomic E-state index is -1.27. The lowest BCUT2D eigenvalue weighted by atomic mass is 10.0. The quantitative estimate of drug-likeness (QED) is 0.296. The zero-order valence-electron chi connectivity index (χ0n) is 25.8. The second-order valence-electron chi connectivity index (χ2n) is 10.8. The Balaban J connectivity index is 1.96. The molecule has 4 amide bonds. The minimum Gasteiger partial charge on any atom is -0.496 e. The second kappa shape index (κ2) is 16.5. The van der Waals surface area contributed by atoms with Crippen molar-refractivity contribution in [1.29, 1.82) is 0 Å². The number of hydrogen-bond acceptors (Lipinski definition) is 9. The van der Waals surface area contributed by atoms with Gasteiger partial charge in [-0.3, -0.25) is 19.2 Å². The summed E-state index contributed by atoms with van der Waals surface area (Å²) >= 11 is 0. The molecule has 44 heavy (non-hydrogen) atoms. The summed E-state index contributed by atoms with van der Waals surface area (Å²) in [5.74, 6) is -0.796. The number of amides is 4. The van der Waals surface area contributed by atoms with Crippen LogP contribution in [0.2, 0.25) is 0 Å². The molecule has 0 aromatic heterocycles. The van der Waals surface area contributed by atoms with Crippen LogP contribution in [0, 0.1) is 5.92 Å². The highest BCUT2D eigenvalue weighted by atomic mass is 16.5. The summed E-state index contributed by atoms with van der Waals surface area (Å²) in [7, 11) is 2.98. The van der Waals surface area contributed by atoms with Gasteiger partial charge < -0.3 is 45.9 Å². The maximum absolute atomic E-state index is 13.4. The number of ether oxygens (including phenoxy) is 3. The van der Waals surface area contributed by atoms with E-state index in [4.69, 9.17) is 14.2 Å². The van der Waals surface area contributed by atoms with Crippen molar-refractivity contribution < 1.29 is 38.5 Å². The lowest BCUT2D eigenvalue weighted by Crippen LogP contribution is -2.59. The summed E-state index contributed by atoms with van der Waals surface area (Å²) in [4.78, 5) is 51.9. The molecule has 3 atom stereocenters. The number of methoxy groups -OCH3 is 2. The van der Waals surface area contributed by atoms with Gasteiger partial charge in [-0.15, -0.1) is 0 Å². The molecule has 1 aliphatic heterocycles. The van der Waals surface area contributed by atoms with Crippen LogP contribution in [0.25, 0.3) is 0 Å². The van der Waals surface area contributed by atoms with Gasteiger partial charge in [0.05, 0.1) is 39.0 Å². The van der Waals surface area contributed by atoms with E-state index < -0.39 is 35.9 Å². The molecule has 0 unspecified atom stereocenters. The maximum atomic E-state index is 13.4. The Bertz CT molecular complexity index is 1320. The number of carbonyl (C=O) groups excluding carboxylic acids is 4. The number of hydrogen-bond donors (Lipinski definition) is 6. The molecule has 240 valence electrons. The fourth-order valence-electron chi connectivity index (χ4n) is 4.60. The van der Waals surface area contributed by atoms with Crippen LogP contribution in [0.4, 0.5) is 0 Å². The highest BCUT2D eigenvalue weighted by Crippen LogP contribution is 2.37. The van der Waals surface area contributed by atoms with Crippen molar-refractivity contribution >= 4 is 23.6 Å². The Kier molecular flexibility index (Phi) is 12.8. The molecule has 2 aromatic carbocycles. The number of carbonyl (C=O) groups is 4. The van der Waals surface area contributed by atoms with Crippen LogP contribution < -0.4 is 40.8 Å². The van der Waals surface area contributed by atoms with E-state index in [1.165, 1.54) is 21.1 Å². The van der Waals surface area contributed by atoms with E-state index in [1.54, 1.807) is 50.2 Å². The van der Waals surface area contributed by atoms with Gasteiger partial charge in [0.2, 0.25) is 17.7 Å². The lowest BCUT2D eigenvalue weighted by Gasteiger charge is -2.27. The Morgan fingerprint density at radius 1 is 0.818 bits per heavy atom. The number of aliphatic hydroxyl groups excluding tert-OH is 1. The third kappa shape index (κ3) is 9.32. The fraction of sp³-hybridized carbons (Fsp3) is 0.484. The molecule has 6 N–H and O–H groups in total. The van der Waals surface area contributed by atoms with Crippen molar-refractivity contribution in [1.82, 2.24) is 26.6 Å². The summed E-state index contributed by atoms with van der Waals surface area (Å²) < 4.78 is 17.3. The molecule has 1 heterocycles. The van der Waals surface area contributed by atoms with Crippen molar-refractivity contribution in [3.63, 3.8) is 0 Å². The molecule has 13 heteroatoms. The first-order valence-electron chi connectivity index (χ1n) is 14.6. The molecule has 0 saturated heterocycles. The first-order chi connectivity index (χ1) is 21.0. The summed E-state index contributed by atoms with van der Waals surface area (Å²) in [6.45, 7) is 5.73.